The Morgan fingerprint density at radius 1 is 1.39 bits per heavy atom. The first kappa shape index (κ1) is 11.1. The Hall–Kier alpha value is -2.01. The minimum Gasteiger partial charge on any atom is -0.423 e. The molecule has 1 unspecified atom stereocenters. The van der Waals surface area contributed by atoms with Crippen molar-refractivity contribution in [3.8, 4) is 0 Å². The fourth-order valence-corrected chi connectivity index (χ4v) is 2.55. The summed E-state index contributed by atoms with van der Waals surface area (Å²) in [6.07, 6.45) is 0. The van der Waals surface area contributed by atoms with Gasteiger partial charge in [0.15, 0.2) is 5.58 Å². The molecule has 0 aliphatic heterocycles. The quantitative estimate of drug-likeness (QED) is 0.705. The molecule has 1 atom stereocenters. The molecule has 0 radical (unpaired) electrons. The number of nitrogens with one attached hydrogen (secondary N) is 1. The van der Waals surface area contributed by atoms with E-state index < -0.39 is 0 Å². The standard InChI is InChI=1S/C13H13N3OS/c1-8(9-4-5-18-7-9)15-13-16-11-3-2-10(14)6-12(11)17-13/h2-8H,14H2,1H3,(H,15,16). The van der Waals surface area contributed by atoms with Crippen LogP contribution in [0, 0.1) is 0 Å². The Labute approximate surface area is 108 Å². The van der Waals surface area contributed by atoms with E-state index in [1.165, 1.54) is 5.56 Å². The average Bonchev–Trinajstić information content (AvgIpc) is 2.95. The molecule has 18 heavy (non-hydrogen) atoms. The Morgan fingerprint density at radius 3 is 3.06 bits per heavy atom. The van der Waals surface area contributed by atoms with Crippen LogP contribution in [0.2, 0.25) is 0 Å². The number of rotatable bonds is 3. The third-order valence-electron chi connectivity index (χ3n) is 2.80. The highest BCUT2D eigenvalue weighted by atomic mass is 32.1. The van der Waals surface area contributed by atoms with Gasteiger partial charge < -0.3 is 15.5 Å². The number of benzene rings is 1. The van der Waals surface area contributed by atoms with Gasteiger partial charge in [-0.25, -0.2) is 0 Å². The second-order valence-electron chi connectivity index (χ2n) is 4.17. The zero-order chi connectivity index (χ0) is 12.5. The van der Waals surface area contributed by atoms with Gasteiger partial charge in [0.2, 0.25) is 0 Å². The van der Waals surface area contributed by atoms with Crippen molar-refractivity contribution >= 4 is 34.1 Å². The van der Waals surface area contributed by atoms with Crippen molar-refractivity contribution in [3.63, 3.8) is 0 Å². The number of oxazole rings is 1. The molecule has 0 saturated heterocycles. The van der Waals surface area contributed by atoms with Gasteiger partial charge in [-0.3, -0.25) is 0 Å². The number of nitrogens with two attached hydrogens (primary N) is 1. The molecule has 92 valence electrons. The SMILES string of the molecule is CC(Nc1nc2ccc(N)cc2o1)c1ccsc1. The fraction of sp³-hybridized carbons (Fsp3) is 0.154. The second kappa shape index (κ2) is 4.34. The summed E-state index contributed by atoms with van der Waals surface area (Å²) >= 11 is 1.68. The molecule has 5 heteroatoms. The van der Waals surface area contributed by atoms with Crippen molar-refractivity contribution < 1.29 is 4.42 Å². The molecule has 3 rings (SSSR count). The summed E-state index contributed by atoms with van der Waals surface area (Å²) in [7, 11) is 0. The molecule has 0 bridgehead atoms. The second-order valence-corrected chi connectivity index (χ2v) is 4.95. The van der Waals surface area contributed by atoms with Crippen molar-refractivity contribution in [3.05, 3.63) is 40.6 Å². The molecule has 0 amide bonds. The van der Waals surface area contributed by atoms with E-state index >= 15 is 0 Å². The summed E-state index contributed by atoms with van der Waals surface area (Å²) in [6, 6.07) is 8.23. The maximum absolute atomic E-state index is 5.70. The van der Waals surface area contributed by atoms with Crippen molar-refractivity contribution in [1.29, 1.82) is 0 Å². The van der Waals surface area contributed by atoms with Crippen LogP contribution < -0.4 is 11.1 Å². The van der Waals surface area contributed by atoms with Gasteiger partial charge in [-0.1, -0.05) is 0 Å². The summed E-state index contributed by atoms with van der Waals surface area (Å²) in [4.78, 5) is 4.37. The van der Waals surface area contributed by atoms with Gasteiger partial charge in [0, 0.05) is 11.8 Å². The lowest BCUT2D eigenvalue weighted by Gasteiger charge is -2.09. The molecular weight excluding hydrogens is 246 g/mol. The Morgan fingerprint density at radius 2 is 2.28 bits per heavy atom. The lowest BCUT2D eigenvalue weighted by atomic mass is 10.2. The minimum absolute atomic E-state index is 0.168. The predicted molar refractivity (Wildman–Crippen MR) is 74.8 cm³/mol. The molecule has 4 nitrogen and oxygen atoms in total. The number of aromatic nitrogens is 1. The van der Waals surface area contributed by atoms with Crippen LogP contribution >= 0.6 is 11.3 Å². The smallest absolute Gasteiger partial charge is 0.296 e. The Kier molecular flexibility index (Phi) is 2.68. The predicted octanol–water partition coefficient (Wildman–Crippen LogP) is 3.64. The van der Waals surface area contributed by atoms with E-state index in [9.17, 15) is 0 Å². The molecular formula is C13H13N3OS. The fourth-order valence-electron chi connectivity index (χ4n) is 1.79. The zero-order valence-corrected chi connectivity index (χ0v) is 10.7. The third-order valence-corrected chi connectivity index (χ3v) is 3.50. The van der Waals surface area contributed by atoms with E-state index in [0.717, 1.165) is 5.52 Å². The summed E-state index contributed by atoms with van der Waals surface area (Å²) < 4.78 is 5.62. The minimum atomic E-state index is 0.168. The van der Waals surface area contributed by atoms with Crippen LogP contribution in [0.4, 0.5) is 11.7 Å². The molecule has 0 spiro atoms. The van der Waals surface area contributed by atoms with Crippen LogP contribution in [-0.4, -0.2) is 4.98 Å². The van der Waals surface area contributed by atoms with E-state index in [1.54, 1.807) is 17.4 Å². The molecule has 2 heterocycles. The number of anilines is 2. The van der Waals surface area contributed by atoms with Crippen LogP contribution in [0.3, 0.4) is 0 Å². The topological polar surface area (TPSA) is 64.1 Å². The summed E-state index contributed by atoms with van der Waals surface area (Å²) in [5.41, 5.74) is 9.12. The van der Waals surface area contributed by atoms with Gasteiger partial charge in [0.25, 0.3) is 6.01 Å². The van der Waals surface area contributed by atoms with E-state index in [0.29, 0.717) is 17.3 Å². The van der Waals surface area contributed by atoms with Gasteiger partial charge in [0.1, 0.15) is 5.52 Å². The van der Waals surface area contributed by atoms with E-state index in [1.807, 2.05) is 12.1 Å². The van der Waals surface area contributed by atoms with E-state index in [4.69, 9.17) is 10.2 Å². The van der Waals surface area contributed by atoms with Crippen LogP contribution in [0.15, 0.2) is 39.4 Å². The van der Waals surface area contributed by atoms with Gasteiger partial charge in [-0.15, -0.1) is 0 Å². The Balaban J connectivity index is 1.86. The van der Waals surface area contributed by atoms with Crippen LogP contribution in [0.1, 0.15) is 18.5 Å². The highest BCUT2D eigenvalue weighted by Gasteiger charge is 2.10. The summed E-state index contributed by atoms with van der Waals surface area (Å²) in [6.45, 7) is 2.07. The first-order chi connectivity index (χ1) is 8.72. The highest BCUT2D eigenvalue weighted by Crippen LogP contribution is 2.25. The Bertz CT molecular complexity index is 660. The average molecular weight is 259 g/mol. The third kappa shape index (κ3) is 2.04. The monoisotopic (exact) mass is 259 g/mol. The number of hydrogen-bond acceptors (Lipinski definition) is 5. The van der Waals surface area contributed by atoms with Crippen LogP contribution in [0.25, 0.3) is 11.1 Å². The van der Waals surface area contributed by atoms with Crippen molar-refractivity contribution in [2.75, 3.05) is 11.1 Å². The number of nitrogen functional groups attached to an aromatic ring is 1. The molecule has 2 aromatic heterocycles. The number of nitrogens with zero attached hydrogens (tertiary/aromatic N) is 1. The maximum Gasteiger partial charge on any atom is 0.296 e. The molecule has 0 saturated carbocycles. The number of fused-ring (bicyclic) bond motifs is 1. The van der Waals surface area contributed by atoms with Crippen molar-refractivity contribution in [1.82, 2.24) is 4.98 Å². The first-order valence-electron chi connectivity index (χ1n) is 5.67. The molecule has 0 fully saturated rings. The molecule has 3 N–H and O–H groups in total. The first-order valence-corrected chi connectivity index (χ1v) is 6.61. The number of hydrogen-bond donors (Lipinski definition) is 2. The van der Waals surface area contributed by atoms with Crippen LogP contribution in [-0.2, 0) is 0 Å². The maximum atomic E-state index is 5.70. The van der Waals surface area contributed by atoms with Crippen LogP contribution in [0.5, 0.6) is 0 Å². The van der Waals surface area contributed by atoms with Gasteiger partial charge >= 0.3 is 0 Å². The highest BCUT2D eigenvalue weighted by molar-refractivity contribution is 7.07. The normalized spacial score (nSPS) is 12.7. The summed E-state index contributed by atoms with van der Waals surface area (Å²) in [5, 5.41) is 7.41. The summed E-state index contributed by atoms with van der Waals surface area (Å²) in [5.74, 6) is 0. The molecule has 1 aromatic carbocycles. The largest absolute Gasteiger partial charge is 0.423 e. The molecule has 0 aliphatic carbocycles. The van der Waals surface area contributed by atoms with Crippen molar-refractivity contribution in [2.24, 2.45) is 0 Å². The van der Waals surface area contributed by atoms with E-state index in [2.05, 4.69) is 34.1 Å². The lowest BCUT2D eigenvalue weighted by Crippen LogP contribution is -2.05. The van der Waals surface area contributed by atoms with Gasteiger partial charge in [-0.05, 0) is 41.4 Å². The zero-order valence-electron chi connectivity index (χ0n) is 9.88. The molecule has 0 aliphatic rings. The van der Waals surface area contributed by atoms with Crippen molar-refractivity contribution in [2.45, 2.75) is 13.0 Å². The lowest BCUT2D eigenvalue weighted by molar-refractivity contribution is 0.604. The van der Waals surface area contributed by atoms with E-state index in [-0.39, 0.29) is 6.04 Å². The van der Waals surface area contributed by atoms with Gasteiger partial charge in [-0.2, -0.15) is 16.3 Å². The molecule has 3 aromatic rings. The number of thiophene rings is 1. The van der Waals surface area contributed by atoms with Gasteiger partial charge in [0.05, 0.1) is 6.04 Å².